The summed E-state index contributed by atoms with van der Waals surface area (Å²) in [5, 5.41) is 7.03. The molecule has 2 aromatic carbocycles. The fraction of sp³-hybridized carbons (Fsp3) is 0.480. The van der Waals surface area contributed by atoms with E-state index in [0.29, 0.717) is 17.7 Å². The summed E-state index contributed by atoms with van der Waals surface area (Å²) in [6.45, 7) is 12.0. The van der Waals surface area contributed by atoms with Crippen molar-refractivity contribution in [1.29, 1.82) is 0 Å². The van der Waals surface area contributed by atoms with Crippen LogP contribution in [-0.4, -0.2) is 67.8 Å². The second-order valence-corrected chi connectivity index (χ2v) is 9.19. The molecule has 0 atom stereocenters. The molecule has 0 spiro atoms. The van der Waals surface area contributed by atoms with Gasteiger partial charge in [-0.3, -0.25) is 0 Å². The Balaban J connectivity index is 1.80. The van der Waals surface area contributed by atoms with E-state index in [4.69, 9.17) is 4.98 Å². The Labute approximate surface area is 190 Å². The van der Waals surface area contributed by atoms with E-state index in [2.05, 4.69) is 58.2 Å². The number of benzene rings is 2. The van der Waals surface area contributed by atoms with E-state index in [1.54, 1.807) is 0 Å². The number of fused-ring (bicyclic) bond motifs is 1. The molecule has 1 aliphatic rings. The van der Waals surface area contributed by atoms with Crippen molar-refractivity contribution in [3.8, 4) is 0 Å². The number of imidazole rings is 1. The van der Waals surface area contributed by atoms with Gasteiger partial charge in [0.2, 0.25) is 5.95 Å². The van der Waals surface area contributed by atoms with E-state index < -0.39 is 0 Å². The van der Waals surface area contributed by atoms with Gasteiger partial charge in [0.15, 0.2) is 0 Å². The lowest BCUT2D eigenvalue weighted by atomic mass is 10.1. The first kappa shape index (κ1) is 22.6. The summed E-state index contributed by atoms with van der Waals surface area (Å²) in [5.74, 6) is 0.872. The van der Waals surface area contributed by atoms with Gasteiger partial charge in [-0.25, -0.2) is 9.37 Å². The topological polar surface area (TPSA) is 48.4 Å². The van der Waals surface area contributed by atoms with Gasteiger partial charge in [0.05, 0.1) is 17.7 Å². The van der Waals surface area contributed by atoms with Crippen LogP contribution in [0.1, 0.15) is 22.3 Å². The highest BCUT2D eigenvalue weighted by Crippen LogP contribution is 2.31. The number of hydrogen-bond acceptors (Lipinski definition) is 5. The second kappa shape index (κ2) is 9.46. The zero-order valence-corrected chi connectivity index (χ0v) is 19.9. The van der Waals surface area contributed by atoms with Gasteiger partial charge in [0, 0.05) is 39.3 Å². The zero-order valence-electron chi connectivity index (χ0n) is 19.9. The van der Waals surface area contributed by atoms with Gasteiger partial charge in [0.25, 0.3) is 0 Å². The average molecular weight is 439 g/mol. The Morgan fingerprint density at radius 2 is 1.75 bits per heavy atom. The Hall–Kier alpha value is -2.64. The van der Waals surface area contributed by atoms with Crippen LogP contribution in [0, 0.1) is 26.6 Å². The highest BCUT2D eigenvalue weighted by atomic mass is 19.1. The fourth-order valence-corrected chi connectivity index (χ4v) is 4.47. The summed E-state index contributed by atoms with van der Waals surface area (Å²) in [6, 6.07) is 8.32. The van der Waals surface area contributed by atoms with Crippen molar-refractivity contribution in [2.75, 3.05) is 63.6 Å². The predicted octanol–water partition coefficient (Wildman–Crippen LogP) is 3.53. The van der Waals surface area contributed by atoms with Crippen LogP contribution in [0.15, 0.2) is 24.3 Å². The molecule has 32 heavy (non-hydrogen) atoms. The van der Waals surface area contributed by atoms with Crippen LogP contribution in [0.4, 0.5) is 16.0 Å². The molecule has 3 aromatic rings. The van der Waals surface area contributed by atoms with Crippen molar-refractivity contribution >= 4 is 22.7 Å². The molecule has 7 heteroatoms. The quantitative estimate of drug-likeness (QED) is 0.591. The number of rotatable bonds is 7. The minimum atomic E-state index is -0.116. The number of aromatic nitrogens is 2. The molecule has 2 heterocycles. The van der Waals surface area contributed by atoms with E-state index in [9.17, 15) is 4.39 Å². The third-order valence-corrected chi connectivity index (χ3v) is 6.09. The van der Waals surface area contributed by atoms with Crippen molar-refractivity contribution in [1.82, 2.24) is 19.8 Å². The molecule has 1 aliphatic heterocycles. The van der Waals surface area contributed by atoms with Crippen LogP contribution in [0.2, 0.25) is 0 Å². The van der Waals surface area contributed by atoms with Crippen molar-refractivity contribution in [2.45, 2.75) is 27.3 Å². The van der Waals surface area contributed by atoms with Gasteiger partial charge < -0.3 is 25.0 Å². The molecule has 0 saturated carbocycles. The molecule has 6 nitrogen and oxygen atoms in total. The van der Waals surface area contributed by atoms with Crippen LogP contribution in [0.25, 0.3) is 11.0 Å². The number of hydrogen-bond donors (Lipinski definition) is 2. The number of piperazine rings is 1. The van der Waals surface area contributed by atoms with E-state index in [0.717, 1.165) is 67.5 Å². The van der Waals surface area contributed by atoms with Gasteiger partial charge in [-0.15, -0.1) is 0 Å². The van der Waals surface area contributed by atoms with Crippen LogP contribution >= 0.6 is 0 Å². The van der Waals surface area contributed by atoms with Crippen molar-refractivity contribution in [2.24, 2.45) is 0 Å². The molecule has 1 aromatic heterocycles. The predicted molar refractivity (Wildman–Crippen MR) is 132 cm³/mol. The van der Waals surface area contributed by atoms with Crippen LogP contribution < -0.4 is 15.5 Å². The normalized spacial score (nSPS) is 14.5. The van der Waals surface area contributed by atoms with Gasteiger partial charge >= 0.3 is 0 Å². The maximum absolute atomic E-state index is 14.2. The summed E-state index contributed by atoms with van der Waals surface area (Å²) < 4.78 is 16.6. The third kappa shape index (κ3) is 4.74. The summed E-state index contributed by atoms with van der Waals surface area (Å²) in [4.78, 5) is 9.68. The first-order chi connectivity index (χ1) is 15.3. The molecule has 0 bridgehead atoms. The van der Waals surface area contributed by atoms with E-state index in [1.807, 2.05) is 26.0 Å². The summed E-state index contributed by atoms with van der Waals surface area (Å²) in [6.07, 6.45) is 0. The maximum Gasteiger partial charge on any atom is 0.207 e. The first-order valence-corrected chi connectivity index (χ1v) is 11.4. The molecule has 1 fully saturated rings. The van der Waals surface area contributed by atoms with Crippen LogP contribution in [0.5, 0.6) is 0 Å². The molecule has 0 radical (unpaired) electrons. The molecule has 0 unspecified atom stereocenters. The van der Waals surface area contributed by atoms with Crippen LogP contribution in [-0.2, 0) is 6.54 Å². The molecule has 0 aliphatic carbocycles. The lowest BCUT2D eigenvalue weighted by Gasteiger charge is -2.29. The van der Waals surface area contributed by atoms with E-state index in [1.165, 1.54) is 5.56 Å². The van der Waals surface area contributed by atoms with Crippen LogP contribution in [0.3, 0.4) is 0 Å². The van der Waals surface area contributed by atoms with E-state index in [-0.39, 0.29) is 5.82 Å². The second-order valence-electron chi connectivity index (χ2n) is 9.19. The van der Waals surface area contributed by atoms with Gasteiger partial charge in [-0.2, -0.15) is 0 Å². The molecule has 2 N–H and O–H groups in total. The van der Waals surface area contributed by atoms with Gasteiger partial charge in [-0.1, -0.05) is 12.1 Å². The Bertz CT molecular complexity index is 1070. The van der Waals surface area contributed by atoms with Crippen molar-refractivity contribution in [3.63, 3.8) is 0 Å². The zero-order chi connectivity index (χ0) is 22.8. The number of nitrogens with zero attached hydrogens (tertiary/aromatic N) is 4. The number of aryl methyl sites for hydroxylation is 3. The summed E-state index contributed by atoms with van der Waals surface area (Å²) in [7, 11) is 4.16. The Kier molecular flexibility index (Phi) is 6.67. The molecular formula is C25H35FN6. The highest BCUT2D eigenvalue weighted by Gasteiger charge is 2.21. The smallest absolute Gasteiger partial charge is 0.207 e. The SMILES string of the molecule is Cc1cc(NCCN(C)C)c2nc(N3CCNCC3)n(Cc3cc(C)c(F)c(C)c3)c2c1. The number of likely N-dealkylation sites (N-methyl/N-ethyl adjacent to an activating group) is 1. The maximum atomic E-state index is 14.2. The molecule has 1 saturated heterocycles. The summed E-state index contributed by atoms with van der Waals surface area (Å²) >= 11 is 0. The van der Waals surface area contributed by atoms with Gasteiger partial charge in [-0.05, 0) is 69.3 Å². The third-order valence-electron chi connectivity index (χ3n) is 6.09. The van der Waals surface area contributed by atoms with Crippen molar-refractivity contribution < 1.29 is 4.39 Å². The highest BCUT2D eigenvalue weighted by molar-refractivity contribution is 5.91. The number of nitrogens with one attached hydrogen (secondary N) is 2. The minimum Gasteiger partial charge on any atom is -0.382 e. The first-order valence-electron chi connectivity index (χ1n) is 11.4. The monoisotopic (exact) mass is 438 g/mol. The standard InChI is InChI=1S/C25H35FN6/c1-17-12-21(28-8-9-30(4)5)24-22(13-17)32(25(29-24)31-10-6-27-7-11-31)16-20-14-18(2)23(26)19(3)15-20/h12-15,27-28H,6-11,16H2,1-5H3. The van der Waals surface area contributed by atoms with E-state index >= 15 is 0 Å². The Morgan fingerprint density at radius 3 is 2.41 bits per heavy atom. The molecule has 172 valence electrons. The average Bonchev–Trinajstić information content (AvgIpc) is 3.10. The summed E-state index contributed by atoms with van der Waals surface area (Å²) in [5.41, 5.74) is 6.86. The molecule has 4 rings (SSSR count). The molecular weight excluding hydrogens is 403 g/mol. The lowest BCUT2D eigenvalue weighted by Crippen LogP contribution is -2.44. The Morgan fingerprint density at radius 1 is 1.06 bits per heavy atom. The minimum absolute atomic E-state index is 0.116. The van der Waals surface area contributed by atoms with Crippen molar-refractivity contribution in [3.05, 3.63) is 52.3 Å². The largest absolute Gasteiger partial charge is 0.382 e. The number of halogens is 1. The number of anilines is 2. The lowest BCUT2D eigenvalue weighted by molar-refractivity contribution is 0.425. The fourth-order valence-electron chi connectivity index (χ4n) is 4.47. The molecule has 0 amide bonds. The van der Waals surface area contributed by atoms with Gasteiger partial charge in [0.1, 0.15) is 11.3 Å².